The molecule has 3 fully saturated rings. The van der Waals surface area contributed by atoms with Crippen molar-refractivity contribution in [3.8, 4) is 0 Å². The normalized spacial score (nSPS) is 25.0. The highest BCUT2D eigenvalue weighted by atomic mass is 35.5. The summed E-state index contributed by atoms with van der Waals surface area (Å²) >= 11 is 6.78. The standard InChI is InChI=1S/C23H22ClN5O6/c1-26-18(31)12(17(30)25-21(26)34)9-11-6-7-14-13(16(11)24)10-23(15-5-4-8-29(14)15)19(32)27(2)22(35)28(3)20(23)33/h6-7,9,15H,4-5,8,10H2,1-3H3,(H,25,30,34). The summed E-state index contributed by atoms with van der Waals surface area (Å²) < 4.78 is 0. The van der Waals surface area contributed by atoms with Gasteiger partial charge in [0.1, 0.15) is 5.57 Å². The average Bonchev–Trinajstić information content (AvgIpc) is 3.34. The van der Waals surface area contributed by atoms with Gasteiger partial charge in [0.05, 0.1) is 11.1 Å². The van der Waals surface area contributed by atoms with Gasteiger partial charge in [-0.05, 0) is 36.1 Å². The Balaban J connectivity index is 1.65. The topological polar surface area (TPSA) is 127 Å². The zero-order valence-electron chi connectivity index (χ0n) is 19.3. The molecule has 1 atom stereocenters. The lowest BCUT2D eigenvalue weighted by atomic mass is 9.68. The molecule has 0 saturated carbocycles. The van der Waals surface area contributed by atoms with Gasteiger partial charge in [0.2, 0.25) is 11.8 Å². The van der Waals surface area contributed by atoms with Crippen LogP contribution < -0.4 is 10.2 Å². The predicted octanol–water partition coefficient (Wildman–Crippen LogP) is 0.993. The van der Waals surface area contributed by atoms with Crippen molar-refractivity contribution >= 4 is 59.1 Å². The van der Waals surface area contributed by atoms with E-state index in [1.54, 1.807) is 12.1 Å². The Morgan fingerprint density at radius 2 is 1.66 bits per heavy atom. The molecule has 0 radical (unpaired) electrons. The van der Waals surface area contributed by atoms with Crippen LogP contribution in [0.25, 0.3) is 6.08 Å². The molecule has 1 aromatic carbocycles. The Hall–Kier alpha value is -3.73. The quantitative estimate of drug-likeness (QED) is 0.347. The van der Waals surface area contributed by atoms with E-state index in [1.165, 1.54) is 27.2 Å². The number of carbonyl (C=O) groups is 6. The number of barbiturate groups is 2. The molecule has 11 nitrogen and oxygen atoms in total. The van der Waals surface area contributed by atoms with Crippen molar-refractivity contribution in [3.63, 3.8) is 0 Å². The lowest BCUT2D eigenvalue weighted by Gasteiger charge is -2.51. The number of nitrogens with one attached hydrogen (secondary N) is 1. The van der Waals surface area contributed by atoms with Gasteiger partial charge in [-0.2, -0.15) is 0 Å². The minimum absolute atomic E-state index is 0.0303. The number of urea groups is 2. The smallest absolute Gasteiger partial charge is 0.332 e. The molecule has 1 unspecified atom stereocenters. The van der Waals surface area contributed by atoms with E-state index < -0.39 is 47.1 Å². The first-order chi connectivity index (χ1) is 16.5. The number of amides is 8. The first kappa shape index (κ1) is 23.0. The molecule has 182 valence electrons. The van der Waals surface area contributed by atoms with Gasteiger partial charge < -0.3 is 4.90 Å². The second kappa shape index (κ2) is 7.64. The Bertz CT molecular complexity index is 1270. The van der Waals surface area contributed by atoms with E-state index in [-0.39, 0.29) is 17.0 Å². The maximum atomic E-state index is 13.5. The molecule has 4 aliphatic rings. The fourth-order valence-electron chi connectivity index (χ4n) is 5.57. The second-order valence-corrected chi connectivity index (χ2v) is 9.54. The van der Waals surface area contributed by atoms with Gasteiger partial charge in [-0.3, -0.25) is 39.2 Å². The molecular formula is C23H22ClN5O6. The van der Waals surface area contributed by atoms with Crippen LogP contribution in [0.1, 0.15) is 24.0 Å². The van der Waals surface area contributed by atoms with Gasteiger partial charge in [-0.15, -0.1) is 0 Å². The van der Waals surface area contributed by atoms with Crippen molar-refractivity contribution in [2.24, 2.45) is 5.41 Å². The Labute approximate surface area is 205 Å². The Morgan fingerprint density at radius 1 is 1.00 bits per heavy atom. The van der Waals surface area contributed by atoms with E-state index >= 15 is 0 Å². The van der Waals surface area contributed by atoms with E-state index in [2.05, 4.69) is 5.32 Å². The number of rotatable bonds is 1. The summed E-state index contributed by atoms with van der Waals surface area (Å²) in [5.74, 6) is -2.77. The third-order valence-electron chi connectivity index (χ3n) is 7.39. The first-order valence-electron chi connectivity index (χ1n) is 11.0. The van der Waals surface area contributed by atoms with Crippen molar-refractivity contribution in [1.82, 2.24) is 20.0 Å². The third-order valence-corrected chi connectivity index (χ3v) is 7.83. The Kier molecular flexibility index (Phi) is 5.03. The summed E-state index contributed by atoms with van der Waals surface area (Å²) in [6.45, 7) is 0.603. The number of halogens is 1. The molecule has 4 heterocycles. The van der Waals surface area contributed by atoms with E-state index in [1.807, 2.05) is 4.90 Å². The van der Waals surface area contributed by atoms with E-state index in [9.17, 15) is 28.8 Å². The van der Waals surface area contributed by atoms with Crippen LogP contribution in [-0.2, 0) is 25.6 Å². The van der Waals surface area contributed by atoms with Gasteiger partial charge >= 0.3 is 12.1 Å². The fourth-order valence-corrected chi connectivity index (χ4v) is 5.85. The SMILES string of the molecule is CN1C(=O)NC(=O)C(=Cc2ccc3c(c2Cl)CC2(C(=O)N(C)C(=O)N(C)C2=O)C2CCCN32)C1=O. The van der Waals surface area contributed by atoms with Gasteiger partial charge in [0.25, 0.3) is 11.8 Å². The van der Waals surface area contributed by atoms with Crippen molar-refractivity contribution < 1.29 is 28.8 Å². The second-order valence-electron chi connectivity index (χ2n) is 9.16. The number of carbonyl (C=O) groups excluding carboxylic acids is 6. The van der Waals surface area contributed by atoms with Crippen LogP contribution in [0, 0.1) is 5.41 Å². The molecule has 1 N–H and O–H groups in total. The van der Waals surface area contributed by atoms with Crippen LogP contribution in [0.2, 0.25) is 5.02 Å². The molecule has 4 aliphatic heterocycles. The molecule has 1 aromatic rings. The zero-order chi connectivity index (χ0) is 25.4. The summed E-state index contributed by atoms with van der Waals surface area (Å²) in [5, 5.41) is 2.27. The molecule has 12 heteroatoms. The summed E-state index contributed by atoms with van der Waals surface area (Å²) in [4.78, 5) is 80.7. The van der Waals surface area contributed by atoms with E-state index in [0.717, 1.165) is 26.8 Å². The number of imide groups is 4. The Morgan fingerprint density at radius 3 is 2.31 bits per heavy atom. The molecule has 8 amide bonds. The predicted molar refractivity (Wildman–Crippen MR) is 123 cm³/mol. The van der Waals surface area contributed by atoms with Crippen LogP contribution in [0.5, 0.6) is 0 Å². The van der Waals surface area contributed by atoms with Crippen LogP contribution in [-0.4, -0.2) is 84.1 Å². The highest BCUT2D eigenvalue weighted by molar-refractivity contribution is 6.35. The van der Waals surface area contributed by atoms with E-state index in [0.29, 0.717) is 24.1 Å². The molecule has 1 spiro atoms. The van der Waals surface area contributed by atoms with Gasteiger partial charge in [0.15, 0.2) is 5.41 Å². The number of hydrogen-bond donors (Lipinski definition) is 1. The molecule has 0 aliphatic carbocycles. The van der Waals surface area contributed by atoms with Gasteiger partial charge in [-0.25, -0.2) is 9.59 Å². The summed E-state index contributed by atoms with van der Waals surface area (Å²) in [7, 11) is 3.97. The monoisotopic (exact) mass is 499 g/mol. The molecule has 35 heavy (non-hydrogen) atoms. The largest absolute Gasteiger partial charge is 0.367 e. The molecular weight excluding hydrogens is 478 g/mol. The van der Waals surface area contributed by atoms with Crippen LogP contribution in [0.15, 0.2) is 17.7 Å². The maximum absolute atomic E-state index is 13.5. The number of benzene rings is 1. The third kappa shape index (κ3) is 2.97. The van der Waals surface area contributed by atoms with Crippen molar-refractivity contribution in [2.75, 3.05) is 32.6 Å². The maximum Gasteiger partial charge on any atom is 0.332 e. The van der Waals surface area contributed by atoms with Crippen LogP contribution >= 0.6 is 11.6 Å². The van der Waals surface area contributed by atoms with Crippen LogP contribution in [0.3, 0.4) is 0 Å². The van der Waals surface area contributed by atoms with Gasteiger partial charge in [-0.1, -0.05) is 17.7 Å². The van der Waals surface area contributed by atoms with Crippen molar-refractivity contribution in [3.05, 3.63) is 33.9 Å². The van der Waals surface area contributed by atoms with Crippen LogP contribution in [0.4, 0.5) is 15.3 Å². The minimum atomic E-state index is -1.53. The number of nitrogens with zero attached hydrogens (tertiary/aromatic N) is 4. The highest BCUT2D eigenvalue weighted by Gasteiger charge is 2.64. The fraction of sp³-hybridized carbons (Fsp3) is 0.391. The first-order valence-corrected chi connectivity index (χ1v) is 11.4. The van der Waals surface area contributed by atoms with Crippen molar-refractivity contribution in [1.29, 1.82) is 0 Å². The number of anilines is 1. The summed E-state index contributed by atoms with van der Waals surface area (Å²) in [6.07, 6.45) is 2.62. The molecule has 5 rings (SSSR count). The summed E-state index contributed by atoms with van der Waals surface area (Å²) in [6, 6.07) is 1.50. The average molecular weight is 500 g/mol. The number of likely N-dealkylation sites (N-methyl/N-ethyl adjacent to an activating group) is 1. The highest BCUT2D eigenvalue weighted by Crippen LogP contribution is 2.51. The summed E-state index contributed by atoms with van der Waals surface area (Å²) in [5.41, 5.74) is -0.188. The minimum Gasteiger partial charge on any atom is -0.367 e. The van der Waals surface area contributed by atoms with E-state index in [4.69, 9.17) is 11.6 Å². The van der Waals surface area contributed by atoms with Crippen molar-refractivity contribution in [2.45, 2.75) is 25.3 Å². The molecule has 0 bridgehead atoms. The lowest BCUT2D eigenvalue weighted by molar-refractivity contribution is -0.159. The lowest BCUT2D eigenvalue weighted by Crippen LogP contribution is -2.70. The van der Waals surface area contributed by atoms with Gasteiger partial charge in [0, 0.05) is 39.8 Å². The molecule has 0 aromatic heterocycles. The zero-order valence-corrected chi connectivity index (χ0v) is 20.0. The number of fused-ring (bicyclic) bond motifs is 4. The number of hydrogen-bond acceptors (Lipinski definition) is 7. The molecule has 3 saturated heterocycles.